The highest BCUT2D eigenvalue weighted by atomic mass is 32.2. The molecule has 84 valence electrons. The van der Waals surface area contributed by atoms with Crippen molar-refractivity contribution in [3.8, 4) is 0 Å². The molecule has 1 amide bonds. The number of furan rings is 1. The van der Waals surface area contributed by atoms with Gasteiger partial charge in [-0.05, 0) is 19.1 Å². The lowest BCUT2D eigenvalue weighted by molar-refractivity contribution is 0.0953. The zero-order chi connectivity index (χ0) is 11.5. The van der Waals surface area contributed by atoms with Crippen molar-refractivity contribution in [3.63, 3.8) is 0 Å². The molecule has 0 aromatic carbocycles. The Balaban J connectivity index is 2.78. The van der Waals surface area contributed by atoms with E-state index in [0.717, 1.165) is 0 Å². The van der Waals surface area contributed by atoms with Gasteiger partial charge in [0.05, 0.1) is 12.3 Å². The smallest absolute Gasteiger partial charge is 0.300 e. The van der Waals surface area contributed by atoms with Crippen LogP contribution >= 0.6 is 0 Å². The number of carbonyl (C=O) groups excluding carboxylic acids is 1. The highest BCUT2D eigenvalue weighted by Crippen LogP contribution is 2.07. The fourth-order valence-electron chi connectivity index (χ4n) is 0.873. The summed E-state index contributed by atoms with van der Waals surface area (Å²) >= 11 is 0. The Hall–Kier alpha value is -1.34. The zero-order valence-electron chi connectivity index (χ0n) is 8.19. The molecular weight excluding hydrogens is 220 g/mol. The molecule has 0 unspecified atom stereocenters. The number of hydrogen-bond acceptors (Lipinski definition) is 5. The highest BCUT2D eigenvalue weighted by molar-refractivity contribution is 7.90. The van der Waals surface area contributed by atoms with Gasteiger partial charge in [0.2, 0.25) is 10.0 Å². The van der Waals surface area contributed by atoms with Gasteiger partial charge in [-0.25, -0.2) is 13.1 Å². The summed E-state index contributed by atoms with van der Waals surface area (Å²) in [5, 5.41) is 0. The number of nitrogens with one attached hydrogen (secondary N) is 1. The third kappa shape index (κ3) is 3.07. The Kier molecular flexibility index (Phi) is 3.48. The summed E-state index contributed by atoms with van der Waals surface area (Å²) in [6.45, 7) is 1.59. The van der Waals surface area contributed by atoms with Crippen molar-refractivity contribution in [1.29, 1.82) is 0 Å². The lowest BCUT2D eigenvalue weighted by Gasteiger charge is -2.01. The zero-order valence-corrected chi connectivity index (χ0v) is 9.00. The van der Waals surface area contributed by atoms with E-state index in [4.69, 9.17) is 10.2 Å². The molecule has 3 N–H and O–H groups in total. The van der Waals surface area contributed by atoms with E-state index in [1.54, 1.807) is 0 Å². The predicted octanol–water partition coefficient (Wildman–Crippen LogP) is -0.182. The summed E-state index contributed by atoms with van der Waals surface area (Å²) < 4.78 is 29.0. The molecule has 7 heteroatoms. The van der Waals surface area contributed by atoms with Crippen LogP contribution in [0.25, 0.3) is 0 Å². The summed E-state index contributed by atoms with van der Waals surface area (Å²) in [6, 6.07) is 2.90. The molecule has 0 saturated heterocycles. The Morgan fingerprint density at radius 2 is 2.20 bits per heavy atom. The standard InChI is InChI=1S/C8H12N2O4S/c1-2-15(12,13)10-8(11)7-4-3-6(5-9)14-7/h3-4H,2,5,9H2,1H3,(H,10,11). The second kappa shape index (κ2) is 4.45. The fourth-order valence-corrected chi connectivity index (χ4v) is 1.40. The monoisotopic (exact) mass is 232 g/mol. The quantitative estimate of drug-likeness (QED) is 0.749. The van der Waals surface area contributed by atoms with E-state index in [2.05, 4.69) is 0 Å². The lowest BCUT2D eigenvalue weighted by atomic mass is 10.4. The minimum atomic E-state index is -3.56. The first-order valence-corrected chi connectivity index (χ1v) is 5.97. The van der Waals surface area contributed by atoms with Crippen LogP contribution in [0.3, 0.4) is 0 Å². The van der Waals surface area contributed by atoms with Gasteiger partial charge in [-0.15, -0.1) is 0 Å². The van der Waals surface area contributed by atoms with Crippen LogP contribution in [0.4, 0.5) is 0 Å². The molecule has 0 saturated carbocycles. The Morgan fingerprint density at radius 1 is 1.53 bits per heavy atom. The van der Waals surface area contributed by atoms with Crippen molar-refractivity contribution in [2.24, 2.45) is 5.73 Å². The molecule has 6 nitrogen and oxygen atoms in total. The summed E-state index contributed by atoms with van der Waals surface area (Å²) in [7, 11) is -3.56. The number of carbonyl (C=O) groups is 1. The summed E-state index contributed by atoms with van der Waals surface area (Å²) in [6.07, 6.45) is 0. The minimum Gasteiger partial charge on any atom is -0.455 e. The second-order valence-corrected chi connectivity index (χ2v) is 4.82. The summed E-state index contributed by atoms with van der Waals surface area (Å²) in [5.74, 6) is -0.582. The van der Waals surface area contributed by atoms with E-state index in [-0.39, 0.29) is 18.1 Å². The maximum atomic E-state index is 11.3. The number of amides is 1. The van der Waals surface area contributed by atoms with Gasteiger partial charge in [0.25, 0.3) is 5.91 Å². The molecule has 0 bridgehead atoms. The summed E-state index contributed by atoms with van der Waals surface area (Å²) in [4.78, 5) is 11.3. The van der Waals surface area contributed by atoms with Gasteiger partial charge in [-0.2, -0.15) is 0 Å². The van der Waals surface area contributed by atoms with Gasteiger partial charge >= 0.3 is 0 Å². The third-order valence-electron chi connectivity index (χ3n) is 1.71. The maximum absolute atomic E-state index is 11.3. The molecule has 0 atom stereocenters. The SMILES string of the molecule is CCS(=O)(=O)NC(=O)c1ccc(CN)o1. The van der Waals surface area contributed by atoms with E-state index < -0.39 is 15.9 Å². The number of hydrogen-bond donors (Lipinski definition) is 2. The topological polar surface area (TPSA) is 102 Å². The van der Waals surface area contributed by atoms with Crippen molar-refractivity contribution in [2.75, 3.05) is 5.75 Å². The first kappa shape index (κ1) is 11.7. The van der Waals surface area contributed by atoms with E-state index in [1.165, 1.54) is 19.1 Å². The number of sulfonamides is 1. The molecule has 0 aliphatic heterocycles. The van der Waals surface area contributed by atoms with Crippen LogP contribution in [0.5, 0.6) is 0 Å². The highest BCUT2D eigenvalue weighted by Gasteiger charge is 2.16. The normalized spacial score (nSPS) is 11.3. The van der Waals surface area contributed by atoms with Crippen LogP contribution in [0, 0.1) is 0 Å². The number of rotatable bonds is 4. The molecule has 0 aliphatic rings. The van der Waals surface area contributed by atoms with Crippen LogP contribution in [-0.2, 0) is 16.6 Å². The average molecular weight is 232 g/mol. The number of nitrogens with two attached hydrogens (primary N) is 1. The fraction of sp³-hybridized carbons (Fsp3) is 0.375. The Labute approximate surface area is 87.5 Å². The molecule has 0 fully saturated rings. The van der Waals surface area contributed by atoms with Crippen LogP contribution in [-0.4, -0.2) is 20.1 Å². The van der Waals surface area contributed by atoms with Gasteiger partial charge in [0.1, 0.15) is 5.76 Å². The molecule has 1 rings (SSSR count). The molecule has 1 heterocycles. The van der Waals surface area contributed by atoms with Crippen LogP contribution < -0.4 is 10.5 Å². The third-order valence-corrected chi connectivity index (χ3v) is 2.97. The van der Waals surface area contributed by atoms with Crippen molar-refractivity contribution in [3.05, 3.63) is 23.7 Å². The van der Waals surface area contributed by atoms with Crippen molar-refractivity contribution in [2.45, 2.75) is 13.5 Å². The van der Waals surface area contributed by atoms with E-state index in [1.807, 2.05) is 4.72 Å². The van der Waals surface area contributed by atoms with Crippen molar-refractivity contribution in [1.82, 2.24) is 4.72 Å². The first-order valence-electron chi connectivity index (χ1n) is 4.32. The van der Waals surface area contributed by atoms with Gasteiger partial charge < -0.3 is 10.2 Å². The van der Waals surface area contributed by atoms with Gasteiger partial charge in [0, 0.05) is 0 Å². The minimum absolute atomic E-state index is 0.0625. The lowest BCUT2D eigenvalue weighted by Crippen LogP contribution is -2.31. The molecule has 1 aromatic heterocycles. The second-order valence-electron chi connectivity index (χ2n) is 2.80. The maximum Gasteiger partial charge on any atom is 0.300 e. The molecule has 0 radical (unpaired) electrons. The van der Waals surface area contributed by atoms with Crippen molar-refractivity contribution < 1.29 is 17.6 Å². The molecule has 15 heavy (non-hydrogen) atoms. The largest absolute Gasteiger partial charge is 0.455 e. The summed E-state index contributed by atoms with van der Waals surface area (Å²) in [5.41, 5.74) is 5.27. The molecule has 0 aliphatic carbocycles. The van der Waals surface area contributed by atoms with Crippen LogP contribution in [0.15, 0.2) is 16.5 Å². The van der Waals surface area contributed by atoms with Gasteiger partial charge in [-0.1, -0.05) is 0 Å². The van der Waals surface area contributed by atoms with E-state index >= 15 is 0 Å². The van der Waals surface area contributed by atoms with Crippen LogP contribution in [0.1, 0.15) is 23.2 Å². The Morgan fingerprint density at radius 3 is 2.67 bits per heavy atom. The van der Waals surface area contributed by atoms with E-state index in [9.17, 15) is 13.2 Å². The predicted molar refractivity (Wildman–Crippen MR) is 53.5 cm³/mol. The van der Waals surface area contributed by atoms with E-state index in [0.29, 0.717) is 5.76 Å². The first-order chi connectivity index (χ1) is 6.98. The van der Waals surface area contributed by atoms with Gasteiger partial charge in [0.15, 0.2) is 5.76 Å². The van der Waals surface area contributed by atoms with Crippen molar-refractivity contribution >= 4 is 15.9 Å². The molecule has 0 spiro atoms. The average Bonchev–Trinajstić information content (AvgIpc) is 2.65. The Bertz CT molecular complexity index is 449. The van der Waals surface area contributed by atoms with Gasteiger partial charge in [-0.3, -0.25) is 4.79 Å². The molecule has 1 aromatic rings. The molecular formula is C8H12N2O4S. The van der Waals surface area contributed by atoms with Crippen LogP contribution in [0.2, 0.25) is 0 Å².